The van der Waals surface area contributed by atoms with Gasteiger partial charge in [0.05, 0.1) is 6.61 Å². The van der Waals surface area contributed by atoms with Crippen LogP contribution in [0.4, 0.5) is 0 Å². The summed E-state index contributed by atoms with van der Waals surface area (Å²) in [6.45, 7) is 2.06. The fraction of sp³-hybridized carbons (Fsp3) is 0.462. The van der Waals surface area contributed by atoms with Crippen molar-refractivity contribution in [2.75, 3.05) is 6.61 Å². The molecule has 0 aromatic heterocycles. The Balaban J connectivity index is 1.94. The summed E-state index contributed by atoms with van der Waals surface area (Å²) in [5.74, 6) is -0.159. The molecule has 1 saturated carbocycles. The van der Waals surface area contributed by atoms with Crippen LogP contribution in [0.1, 0.15) is 24.8 Å². The highest BCUT2D eigenvalue weighted by Gasteiger charge is 2.46. The molecular weight excluding hydrogens is 204 g/mol. The second kappa shape index (κ2) is 4.66. The second-order valence-electron chi connectivity index (χ2n) is 4.11. The number of carbonyl (C=O) groups is 1. The quantitative estimate of drug-likeness (QED) is 0.786. The molecule has 0 radical (unpaired) electrons. The zero-order chi connectivity index (χ0) is 11.5. The third kappa shape index (κ3) is 2.25. The minimum absolute atomic E-state index is 0.0291. The molecule has 3 unspecified atom stereocenters. The number of aliphatic hydroxyl groups excluding tert-OH is 1. The molecule has 0 saturated heterocycles. The molecule has 0 aliphatic heterocycles. The van der Waals surface area contributed by atoms with Gasteiger partial charge in [0.1, 0.15) is 0 Å². The van der Waals surface area contributed by atoms with Crippen LogP contribution < -0.4 is 0 Å². The summed E-state index contributed by atoms with van der Waals surface area (Å²) in [5, 5.41) is 9.75. The highest BCUT2D eigenvalue weighted by atomic mass is 16.5. The second-order valence-corrected chi connectivity index (χ2v) is 4.11. The molecule has 0 heterocycles. The number of hydrogen-bond donors (Lipinski definition) is 1. The molecule has 3 heteroatoms. The van der Waals surface area contributed by atoms with Crippen LogP contribution in [0.25, 0.3) is 0 Å². The lowest BCUT2D eigenvalue weighted by atomic mass is 10.1. The normalized spacial score (nSPS) is 24.9. The van der Waals surface area contributed by atoms with Crippen molar-refractivity contribution >= 4 is 5.97 Å². The van der Waals surface area contributed by atoms with Crippen LogP contribution in [-0.4, -0.2) is 23.8 Å². The van der Waals surface area contributed by atoms with Crippen LogP contribution in [0.3, 0.4) is 0 Å². The van der Waals surface area contributed by atoms with Crippen molar-refractivity contribution in [3.8, 4) is 0 Å². The van der Waals surface area contributed by atoms with Crippen molar-refractivity contribution < 1.29 is 14.6 Å². The van der Waals surface area contributed by atoms with E-state index in [1.807, 2.05) is 30.3 Å². The number of ether oxygens (including phenoxy) is 1. The molecule has 86 valence electrons. The Morgan fingerprint density at radius 3 is 2.81 bits per heavy atom. The number of esters is 1. The lowest BCUT2D eigenvalue weighted by Gasteiger charge is -2.08. The first-order chi connectivity index (χ1) is 7.74. The van der Waals surface area contributed by atoms with Gasteiger partial charge in [0.25, 0.3) is 0 Å². The highest BCUT2D eigenvalue weighted by Crippen LogP contribution is 2.49. The van der Waals surface area contributed by atoms with E-state index >= 15 is 0 Å². The molecular formula is C13H16O3. The summed E-state index contributed by atoms with van der Waals surface area (Å²) in [6.07, 6.45) is -0.102. The third-order valence-electron chi connectivity index (χ3n) is 3.00. The Labute approximate surface area is 95.0 Å². The van der Waals surface area contributed by atoms with Crippen LogP contribution in [0.2, 0.25) is 0 Å². The monoisotopic (exact) mass is 220 g/mol. The fourth-order valence-electron chi connectivity index (χ4n) is 2.05. The van der Waals surface area contributed by atoms with E-state index in [0.29, 0.717) is 12.5 Å². The van der Waals surface area contributed by atoms with Crippen molar-refractivity contribution in [3.05, 3.63) is 35.9 Å². The summed E-state index contributed by atoms with van der Waals surface area (Å²) < 4.78 is 4.80. The first kappa shape index (κ1) is 11.1. The average Bonchev–Trinajstić information content (AvgIpc) is 3.09. The summed E-state index contributed by atoms with van der Waals surface area (Å²) in [7, 11) is 0. The van der Waals surface area contributed by atoms with E-state index in [4.69, 9.17) is 4.74 Å². The fourth-order valence-corrected chi connectivity index (χ4v) is 2.05. The zero-order valence-electron chi connectivity index (χ0n) is 9.30. The van der Waals surface area contributed by atoms with E-state index in [0.717, 1.165) is 6.42 Å². The highest BCUT2D eigenvalue weighted by molar-refractivity contribution is 5.75. The molecule has 1 aliphatic rings. The minimum atomic E-state index is -0.967. The van der Waals surface area contributed by atoms with Gasteiger partial charge in [-0.15, -0.1) is 0 Å². The maximum absolute atomic E-state index is 11.3. The molecule has 3 atom stereocenters. The number of benzene rings is 1. The van der Waals surface area contributed by atoms with Gasteiger partial charge >= 0.3 is 5.97 Å². The van der Waals surface area contributed by atoms with Gasteiger partial charge in [0.15, 0.2) is 6.10 Å². The van der Waals surface area contributed by atoms with Gasteiger partial charge in [-0.05, 0) is 24.8 Å². The Morgan fingerprint density at radius 1 is 1.50 bits per heavy atom. The predicted molar refractivity (Wildman–Crippen MR) is 59.9 cm³/mol. The number of aliphatic hydroxyl groups is 1. The minimum Gasteiger partial charge on any atom is -0.464 e. The first-order valence-corrected chi connectivity index (χ1v) is 5.63. The van der Waals surface area contributed by atoms with Gasteiger partial charge in [0, 0.05) is 5.92 Å². The zero-order valence-corrected chi connectivity index (χ0v) is 9.30. The molecule has 0 amide bonds. The van der Waals surface area contributed by atoms with E-state index < -0.39 is 12.1 Å². The molecule has 3 nitrogen and oxygen atoms in total. The Kier molecular flexibility index (Phi) is 3.25. The van der Waals surface area contributed by atoms with E-state index in [2.05, 4.69) is 0 Å². The van der Waals surface area contributed by atoms with Crippen molar-refractivity contribution in [2.24, 2.45) is 5.92 Å². The standard InChI is InChI=1S/C13H16O3/c1-2-16-13(15)12(14)11-8-10(11)9-6-4-3-5-7-9/h3-7,10-12,14H,2,8H2,1H3. The molecule has 0 bridgehead atoms. The Morgan fingerprint density at radius 2 is 2.19 bits per heavy atom. The third-order valence-corrected chi connectivity index (χ3v) is 3.00. The number of rotatable bonds is 4. The maximum Gasteiger partial charge on any atom is 0.335 e. The van der Waals surface area contributed by atoms with Gasteiger partial charge in [-0.1, -0.05) is 30.3 Å². The lowest BCUT2D eigenvalue weighted by Crippen LogP contribution is -2.25. The molecule has 1 aliphatic carbocycles. The van der Waals surface area contributed by atoms with Crippen molar-refractivity contribution in [1.82, 2.24) is 0 Å². The molecule has 1 fully saturated rings. The molecule has 2 rings (SSSR count). The maximum atomic E-state index is 11.3. The van der Waals surface area contributed by atoms with Crippen LogP contribution >= 0.6 is 0 Å². The van der Waals surface area contributed by atoms with Gasteiger partial charge in [-0.2, -0.15) is 0 Å². The predicted octanol–water partition coefficient (Wildman–Crippen LogP) is 1.71. The van der Waals surface area contributed by atoms with Crippen LogP contribution in [0.15, 0.2) is 30.3 Å². The topological polar surface area (TPSA) is 46.5 Å². The van der Waals surface area contributed by atoms with Gasteiger partial charge in [-0.3, -0.25) is 0 Å². The van der Waals surface area contributed by atoms with Crippen LogP contribution in [0, 0.1) is 5.92 Å². The molecule has 16 heavy (non-hydrogen) atoms. The largest absolute Gasteiger partial charge is 0.464 e. The van der Waals surface area contributed by atoms with Gasteiger partial charge in [0.2, 0.25) is 0 Å². The van der Waals surface area contributed by atoms with Crippen LogP contribution in [0.5, 0.6) is 0 Å². The van der Waals surface area contributed by atoms with Crippen molar-refractivity contribution in [3.63, 3.8) is 0 Å². The van der Waals surface area contributed by atoms with Crippen molar-refractivity contribution in [2.45, 2.75) is 25.4 Å². The summed E-state index contributed by atoms with van der Waals surface area (Å²) in [4.78, 5) is 11.3. The van der Waals surface area contributed by atoms with E-state index in [9.17, 15) is 9.90 Å². The van der Waals surface area contributed by atoms with Gasteiger partial charge in [-0.25, -0.2) is 4.79 Å². The average molecular weight is 220 g/mol. The molecule has 1 aromatic rings. The van der Waals surface area contributed by atoms with Gasteiger partial charge < -0.3 is 9.84 Å². The Hall–Kier alpha value is -1.35. The Bertz CT molecular complexity index is 361. The molecule has 1 N–H and O–H groups in total. The van der Waals surface area contributed by atoms with E-state index in [1.165, 1.54) is 5.56 Å². The van der Waals surface area contributed by atoms with Crippen molar-refractivity contribution in [1.29, 1.82) is 0 Å². The summed E-state index contributed by atoms with van der Waals surface area (Å²) in [5.41, 5.74) is 1.19. The summed E-state index contributed by atoms with van der Waals surface area (Å²) in [6, 6.07) is 9.97. The van der Waals surface area contributed by atoms with Crippen LogP contribution in [-0.2, 0) is 9.53 Å². The summed E-state index contributed by atoms with van der Waals surface area (Å²) >= 11 is 0. The first-order valence-electron chi connectivity index (χ1n) is 5.63. The van der Waals surface area contributed by atoms with E-state index in [-0.39, 0.29) is 5.92 Å². The van der Waals surface area contributed by atoms with E-state index in [1.54, 1.807) is 6.92 Å². The lowest BCUT2D eigenvalue weighted by molar-refractivity contribution is -0.154. The number of carbonyl (C=O) groups excluding carboxylic acids is 1. The number of hydrogen-bond acceptors (Lipinski definition) is 3. The molecule has 0 spiro atoms. The molecule has 1 aromatic carbocycles. The smallest absolute Gasteiger partial charge is 0.335 e. The SMILES string of the molecule is CCOC(=O)C(O)C1CC1c1ccccc1.